The van der Waals surface area contributed by atoms with E-state index in [1.807, 2.05) is 13.0 Å². The Balaban J connectivity index is 5.08. The van der Waals surface area contributed by atoms with Crippen LogP contribution < -0.4 is 5.32 Å². The predicted octanol–water partition coefficient (Wildman–Crippen LogP) is 5.29. The van der Waals surface area contributed by atoms with Crippen LogP contribution in [0.25, 0.3) is 0 Å². The average molecular weight is 329 g/mol. The quantitative estimate of drug-likeness (QED) is 0.429. The monoisotopic (exact) mass is 329 g/mol. The summed E-state index contributed by atoms with van der Waals surface area (Å²) < 4.78 is 13.9. The number of nitrogens with one attached hydrogen (secondary N) is 1. The normalized spacial score (nSPS) is 13.8. The lowest BCUT2D eigenvalue weighted by molar-refractivity contribution is 0.639. The van der Waals surface area contributed by atoms with Gasteiger partial charge in [0, 0.05) is 25.2 Å². The third-order valence-electron chi connectivity index (χ3n) is 2.85. The van der Waals surface area contributed by atoms with Crippen LogP contribution in [0.3, 0.4) is 0 Å². The van der Waals surface area contributed by atoms with Crippen LogP contribution in [0, 0.1) is 5.92 Å². The highest BCUT2D eigenvalue weighted by Crippen LogP contribution is 2.16. The van der Waals surface area contributed by atoms with Crippen molar-refractivity contribution in [2.45, 2.75) is 27.2 Å². The van der Waals surface area contributed by atoms with Crippen molar-refractivity contribution in [1.82, 2.24) is 5.32 Å². The summed E-state index contributed by atoms with van der Waals surface area (Å²) in [5.41, 5.74) is 2.37. The first-order valence-corrected chi connectivity index (χ1v) is 7.77. The fourth-order valence-electron chi connectivity index (χ4n) is 1.86. The minimum atomic E-state index is -0.569. The second kappa shape index (κ2) is 12.0. The van der Waals surface area contributed by atoms with E-state index in [2.05, 4.69) is 48.9 Å². The highest BCUT2D eigenvalue weighted by Gasteiger charge is 2.06. The number of allylic oxidation sites excluding steroid dienone is 6. The standard InChI is InChI=1S/C20H28FN3/c1-8-19(21)20(23-12-10-9-11-22-7)24-18(6)17(5)14-16(4)13-15(2)3/h8-12,14-15,24H,1,5-6,13H2,2-4,7H3/b10-9-,16-14+,20-19-,22-11?,23-12+. The molecule has 0 heterocycles. The van der Waals surface area contributed by atoms with Crippen molar-refractivity contribution in [1.29, 1.82) is 0 Å². The summed E-state index contributed by atoms with van der Waals surface area (Å²) in [7, 11) is 1.66. The van der Waals surface area contributed by atoms with Gasteiger partial charge in [-0.05, 0) is 43.1 Å². The molecule has 0 aromatic rings. The van der Waals surface area contributed by atoms with E-state index >= 15 is 0 Å². The molecule has 24 heavy (non-hydrogen) atoms. The van der Waals surface area contributed by atoms with E-state index in [4.69, 9.17) is 0 Å². The van der Waals surface area contributed by atoms with E-state index in [1.165, 1.54) is 11.8 Å². The molecule has 0 amide bonds. The van der Waals surface area contributed by atoms with Crippen LogP contribution in [0.1, 0.15) is 27.2 Å². The summed E-state index contributed by atoms with van der Waals surface area (Å²) >= 11 is 0. The van der Waals surface area contributed by atoms with Crippen LogP contribution in [0.4, 0.5) is 4.39 Å². The van der Waals surface area contributed by atoms with Crippen molar-refractivity contribution >= 4 is 12.4 Å². The van der Waals surface area contributed by atoms with Crippen LogP contribution in [0.5, 0.6) is 0 Å². The van der Waals surface area contributed by atoms with Gasteiger partial charge in [-0.15, -0.1) is 0 Å². The number of nitrogens with zero attached hydrogens (tertiary/aromatic N) is 2. The van der Waals surface area contributed by atoms with Gasteiger partial charge in [-0.1, -0.05) is 45.2 Å². The average Bonchev–Trinajstić information content (AvgIpc) is 2.51. The molecule has 0 fully saturated rings. The van der Waals surface area contributed by atoms with Crippen LogP contribution in [-0.2, 0) is 0 Å². The Bertz CT molecular complexity index is 602. The van der Waals surface area contributed by atoms with Gasteiger partial charge in [0.2, 0.25) is 0 Å². The molecule has 130 valence electrons. The van der Waals surface area contributed by atoms with E-state index in [1.54, 1.807) is 25.4 Å². The molecule has 0 radical (unpaired) electrons. The number of halogens is 1. The van der Waals surface area contributed by atoms with Crippen molar-refractivity contribution in [3.05, 3.63) is 72.5 Å². The van der Waals surface area contributed by atoms with Crippen LogP contribution in [0.2, 0.25) is 0 Å². The summed E-state index contributed by atoms with van der Waals surface area (Å²) in [6.45, 7) is 17.6. The number of hydrogen-bond acceptors (Lipinski definition) is 3. The zero-order valence-corrected chi connectivity index (χ0v) is 15.1. The molecule has 0 aliphatic rings. The Morgan fingerprint density at radius 3 is 2.38 bits per heavy atom. The summed E-state index contributed by atoms with van der Waals surface area (Å²) in [5, 5.41) is 2.85. The van der Waals surface area contributed by atoms with Gasteiger partial charge in [-0.2, -0.15) is 0 Å². The molecule has 0 atom stereocenters. The molecule has 0 saturated heterocycles. The zero-order chi connectivity index (χ0) is 18.5. The lowest BCUT2D eigenvalue weighted by Crippen LogP contribution is -2.13. The molecule has 4 heteroatoms. The highest BCUT2D eigenvalue weighted by atomic mass is 19.1. The molecule has 1 N–H and O–H groups in total. The number of hydrogen-bond donors (Lipinski definition) is 1. The van der Waals surface area contributed by atoms with E-state index < -0.39 is 5.83 Å². The first kappa shape index (κ1) is 21.5. The largest absolute Gasteiger partial charge is 0.338 e. The lowest BCUT2D eigenvalue weighted by Gasteiger charge is -2.12. The van der Waals surface area contributed by atoms with Crippen LogP contribution in [0.15, 0.2) is 82.5 Å². The van der Waals surface area contributed by atoms with Crippen molar-refractivity contribution in [3.8, 4) is 0 Å². The van der Waals surface area contributed by atoms with Crippen LogP contribution >= 0.6 is 0 Å². The second-order valence-corrected chi connectivity index (χ2v) is 5.69. The third-order valence-corrected chi connectivity index (χ3v) is 2.85. The summed E-state index contributed by atoms with van der Waals surface area (Å²) in [5.74, 6) is 0.0248. The van der Waals surface area contributed by atoms with Gasteiger partial charge in [0.25, 0.3) is 0 Å². The Hall–Kier alpha value is -2.49. The van der Waals surface area contributed by atoms with Gasteiger partial charge in [-0.3, -0.25) is 4.99 Å². The van der Waals surface area contributed by atoms with E-state index in [-0.39, 0.29) is 5.82 Å². The molecule has 0 rings (SSSR count). The van der Waals surface area contributed by atoms with Gasteiger partial charge < -0.3 is 5.32 Å². The Kier molecular flexibility index (Phi) is 10.8. The molecule has 0 unspecified atom stereocenters. The maximum Gasteiger partial charge on any atom is 0.166 e. The zero-order valence-electron chi connectivity index (χ0n) is 15.1. The smallest absolute Gasteiger partial charge is 0.166 e. The topological polar surface area (TPSA) is 36.8 Å². The van der Waals surface area contributed by atoms with Crippen molar-refractivity contribution < 1.29 is 4.39 Å². The first-order valence-electron chi connectivity index (χ1n) is 7.77. The molecular formula is C20H28FN3. The minimum Gasteiger partial charge on any atom is -0.338 e. The summed E-state index contributed by atoms with van der Waals surface area (Å²) in [6.07, 6.45) is 10.4. The lowest BCUT2D eigenvalue weighted by atomic mass is 10.0. The van der Waals surface area contributed by atoms with Gasteiger partial charge in [0.15, 0.2) is 11.6 Å². The third kappa shape index (κ3) is 9.51. The molecular weight excluding hydrogens is 301 g/mol. The minimum absolute atomic E-state index is 0.0316. The highest BCUT2D eigenvalue weighted by molar-refractivity contribution is 5.81. The van der Waals surface area contributed by atoms with Crippen molar-refractivity contribution in [2.24, 2.45) is 15.9 Å². The molecule has 0 aromatic carbocycles. The van der Waals surface area contributed by atoms with E-state index in [0.29, 0.717) is 17.2 Å². The SMILES string of the molecule is C=C\C(F)=C(/N=C/C=C\C=NC)NC(=C)C(=C)/C=C(\C)CC(C)C. The maximum absolute atomic E-state index is 13.9. The summed E-state index contributed by atoms with van der Waals surface area (Å²) in [6, 6.07) is 0. The number of rotatable bonds is 10. The van der Waals surface area contributed by atoms with E-state index in [9.17, 15) is 4.39 Å². The molecule has 0 saturated carbocycles. The Labute approximate surface area is 145 Å². The molecule has 3 nitrogen and oxygen atoms in total. The van der Waals surface area contributed by atoms with E-state index in [0.717, 1.165) is 12.5 Å². The van der Waals surface area contributed by atoms with Gasteiger partial charge in [0.05, 0.1) is 0 Å². The molecule has 0 spiro atoms. The van der Waals surface area contributed by atoms with Crippen molar-refractivity contribution in [2.75, 3.05) is 7.05 Å². The second-order valence-electron chi connectivity index (χ2n) is 5.69. The van der Waals surface area contributed by atoms with Crippen LogP contribution in [-0.4, -0.2) is 19.5 Å². The molecule has 0 aromatic heterocycles. The number of aliphatic imine (C=N–C) groups is 2. The molecule has 0 aliphatic heterocycles. The molecule has 0 bridgehead atoms. The van der Waals surface area contributed by atoms with Crippen molar-refractivity contribution in [3.63, 3.8) is 0 Å². The Morgan fingerprint density at radius 2 is 1.83 bits per heavy atom. The van der Waals surface area contributed by atoms with Gasteiger partial charge in [-0.25, -0.2) is 9.38 Å². The predicted molar refractivity (Wildman–Crippen MR) is 105 cm³/mol. The summed E-state index contributed by atoms with van der Waals surface area (Å²) in [4.78, 5) is 7.84. The molecule has 0 aliphatic carbocycles. The fraction of sp³-hybridized carbons (Fsp3) is 0.300. The van der Waals surface area contributed by atoms with Gasteiger partial charge in [0.1, 0.15) is 0 Å². The first-order chi connectivity index (χ1) is 11.3. The maximum atomic E-state index is 13.9. The Morgan fingerprint density at radius 1 is 1.21 bits per heavy atom. The van der Waals surface area contributed by atoms with Gasteiger partial charge >= 0.3 is 0 Å². The fourth-order valence-corrected chi connectivity index (χ4v) is 1.86.